The summed E-state index contributed by atoms with van der Waals surface area (Å²) in [5.74, 6) is -1.27. The van der Waals surface area contributed by atoms with Crippen LogP contribution in [0.15, 0.2) is 35.7 Å². The zero-order valence-electron chi connectivity index (χ0n) is 14.8. The molecule has 0 saturated heterocycles. The maximum absolute atomic E-state index is 12.3. The highest BCUT2D eigenvalue weighted by Gasteiger charge is 2.21. The lowest BCUT2D eigenvalue weighted by molar-refractivity contribution is -0.136. The van der Waals surface area contributed by atoms with E-state index >= 15 is 0 Å². The number of amides is 2. The van der Waals surface area contributed by atoms with Gasteiger partial charge in [0.25, 0.3) is 5.91 Å². The summed E-state index contributed by atoms with van der Waals surface area (Å²) in [7, 11) is 1.57. The first-order chi connectivity index (χ1) is 12.5. The fraction of sp³-hybridized carbons (Fsp3) is 0.368. The van der Waals surface area contributed by atoms with Crippen molar-refractivity contribution < 1.29 is 14.4 Å². The molecule has 0 unspecified atom stereocenters. The van der Waals surface area contributed by atoms with Gasteiger partial charge in [-0.25, -0.2) is 4.98 Å². The van der Waals surface area contributed by atoms with E-state index in [1.54, 1.807) is 7.05 Å². The van der Waals surface area contributed by atoms with E-state index in [0.29, 0.717) is 18.0 Å². The van der Waals surface area contributed by atoms with Crippen molar-refractivity contribution in [3.05, 3.63) is 35.7 Å². The highest BCUT2D eigenvalue weighted by molar-refractivity contribution is 7.14. The first kappa shape index (κ1) is 19.8. The average Bonchev–Trinajstić information content (AvgIpc) is 3.13. The Hall–Kier alpha value is -2.54. The molecule has 0 aliphatic rings. The number of rotatable bonds is 10. The van der Waals surface area contributed by atoms with Crippen molar-refractivity contribution in [3.63, 3.8) is 0 Å². The minimum atomic E-state index is -0.545. The van der Waals surface area contributed by atoms with Crippen LogP contribution in [0.4, 0.5) is 5.13 Å². The monoisotopic (exact) mass is 373 g/mol. The summed E-state index contributed by atoms with van der Waals surface area (Å²) < 4.78 is 0. The first-order valence-corrected chi connectivity index (χ1v) is 9.47. The molecule has 0 aliphatic carbocycles. The Kier molecular flexibility index (Phi) is 7.47. The number of ketones is 1. The van der Waals surface area contributed by atoms with Gasteiger partial charge in [-0.2, -0.15) is 0 Å². The van der Waals surface area contributed by atoms with Crippen LogP contribution in [0.1, 0.15) is 38.5 Å². The van der Waals surface area contributed by atoms with Crippen LogP contribution in [0.2, 0.25) is 0 Å². The number of likely N-dealkylation sites (N-methyl/N-ethyl adjacent to an activating group) is 1. The molecule has 7 heteroatoms. The van der Waals surface area contributed by atoms with E-state index in [1.165, 1.54) is 16.2 Å². The number of primary amides is 1. The first-order valence-electron chi connectivity index (χ1n) is 8.59. The molecule has 0 bridgehead atoms. The van der Waals surface area contributed by atoms with E-state index in [1.807, 2.05) is 35.7 Å². The van der Waals surface area contributed by atoms with E-state index < -0.39 is 11.7 Å². The zero-order valence-corrected chi connectivity index (χ0v) is 15.6. The van der Waals surface area contributed by atoms with E-state index in [-0.39, 0.29) is 12.3 Å². The van der Waals surface area contributed by atoms with Crippen LogP contribution in [0.25, 0.3) is 11.3 Å². The van der Waals surface area contributed by atoms with Crippen molar-refractivity contribution >= 4 is 34.1 Å². The molecule has 0 fully saturated rings. The van der Waals surface area contributed by atoms with Gasteiger partial charge in [-0.3, -0.25) is 19.3 Å². The number of benzene rings is 1. The molecule has 138 valence electrons. The molecule has 2 amide bonds. The van der Waals surface area contributed by atoms with Gasteiger partial charge in [-0.15, -0.1) is 11.3 Å². The molecule has 2 N–H and O–H groups in total. The number of aromatic nitrogens is 1. The van der Waals surface area contributed by atoms with Gasteiger partial charge in [0, 0.05) is 30.8 Å². The summed E-state index contributed by atoms with van der Waals surface area (Å²) >= 11 is 1.33. The summed E-state index contributed by atoms with van der Waals surface area (Å²) in [6.07, 6.45) is 3.54. The SMILES string of the molecule is CN(C(=O)C(=O)CCCCCCC(N)=O)c1nc(-c2ccccc2)cs1. The predicted molar refractivity (Wildman–Crippen MR) is 103 cm³/mol. The summed E-state index contributed by atoms with van der Waals surface area (Å²) in [4.78, 5) is 40.8. The van der Waals surface area contributed by atoms with E-state index in [2.05, 4.69) is 4.98 Å². The smallest absolute Gasteiger partial charge is 0.295 e. The Morgan fingerprint density at radius 2 is 1.69 bits per heavy atom. The van der Waals surface area contributed by atoms with Crippen molar-refractivity contribution in [2.45, 2.75) is 38.5 Å². The van der Waals surface area contributed by atoms with Gasteiger partial charge in [-0.1, -0.05) is 43.2 Å². The molecule has 0 radical (unpaired) electrons. The Bertz CT molecular complexity index is 758. The molecule has 0 spiro atoms. The maximum Gasteiger partial charge on any atom is 0.295 e. The van der Waals surface area contributed by atoms with Crippen molar-refractivity contribution in [2.24, 2.45) is 5.73 Å². The van der Waals surface area contributed by atoms with E-state index in [9.17, 15) is 14.4 Å². The quantitative estimate of drug-likeness (QED) is 0.511. The number of Topliss-reactive ketones (excluding diaryl/α,β-unsaturated/α-hetero) is 1. The topological polar surface area (TPSA) is 93.4 Å². The minimum absolute atomic E-state index is 0.205. The second-order valence-corrected chi connectivity index (χ2v) is 6.89. The van der Waals surface area contributed by atoms with Gasteiger partial charge < -0.3 is 5.73 Å². The summed E-state index contributed by atoms with van der Waals surface area (Å²) in [5.41, 5.74) is 6.83. The van der Waals surface area contributed by atoms with Crippen molar-refractivity contribution in [2.75, 3.05) is 11.9 Å². The average molecular weight is 373 g/mol. The second kappa shape index (κ2) is 9.82. The molecule has 0 atom stereocenters. The zero-order chi connectivity index (χ0) is 18.9. The third kappa shape index (κ3) is 5.77. The Labute approximate surface area is 157 Å². The summed E-state index contributed by atoms with van der Waals surface area (Å²) in [5, 5.41) is 2.38. The number of unbranched alkanes of at least 4 members (excludes halogenated alkanes) is 3. The van der Waals surface area contributed by atoms with Crippen LogP contribution < -0.4 is 10.6 Å². The van der Waals surface area contributed by atoms with Crippen LogP contribution in [0.5, 0.6) is 0 Å². The molecule has 1 aromatic carbocycles. The minimum Gasteiger partial charge on any atom is -0.370 e. The molecular formula is C19H23N3O3S. The number of hydrogen-bond donors (Lipinski definition) is 1. The standard InChI is InChI=1S/C19H23N3O3S/c1-22(18(25)16(23)11-7-2-3-8-12-17(20)24)19-21-15(13-26-19)14-9-5-4-6-10-14/h4-6,9-10,13H,2-3,7-8,11-12H2,1H3,(H2,20,24). The highest BCUT2D eigenvalue weighted by Crippen LogP contribution is 2.26. The maximum atomic E-state index is 12.3. The molecule has 1 heterocycles. The molecular weight excluding hydrogens is 350 g/mol. The summed E-state index contributed by atoms with van der Waals surface area (Å²) in [6.45, 7) is 0. The number of nitrogens with zero attached hydrogens (tertiary/aromatic N) is 2. The largest absolute Gasteiger partial charge is 0.370 e. The Balaban J connectivity index is 1.82. The van der Waals surface area contributed by atoms with Crippen molar-refractivity contribution in [1.29, 1.82) is 0 Å². The number of nitrogens with two attached hydrogens (primary N) is 1. The van der Waals surface area contributed by atoms with Crippen LogP contribution >= 0.6 is 11.3 Å². The van der Waals surface area contributed by atoms with E-state index in [0.717, 1.165) is 30.5 Å². The number of anilines is 1. The van der Waals surface area contributed by atoms with Gasteiger partial charge in [0.05, 0.1) is 5.69 Å². The third-order valence-corrected chi connectivity index (χ3v) is 4.89. The lowest BCUT2D eigenvalue weighted by atomic mass is 10.1. The highest BCUT2D eigenvalue weighted by atomic mass is 32.1. The molecule has 0 aliphatic heterocycles. The molecule has 2 aromatic rings. The van der Waals surface area contributed by atoms with Crippen molar-refractivity contribution in [1.82, 2.24) is 4.98 Å². The Morgan fingerprint density at radius 3 is 2.35 bits per heavy atom. The molecule has 0 saturated carbocycles. The van der Waals surface area contributed by atoms with Crippen LogP contribution in [0, 0.1) is 0 Å². The van der Waals surface area contributed by atoms with Gasteiger partial charge in [0.2, 0.25) is 11.7 Å². The van der Waals surface area contributed by atoms with Crippen LogP contribution in [-0.4, -0.2) is 29.6 Å². The number of carbonyl (C=O) groups excluding carboxylic acids is 3. The second-order valence-electron chi connectivity index (χ2n) is 6.05. The van der Waals surface area contributed by atoms with E-state index in [4.69, 9.17) is 5.73 Å². The predicted octanol–water partition coefficient (Wildman–Crippen LogP) is 3.17. The van der Waals surface area contributed by atoms with Gasteiger partial charge in [0.15, 0.2) is 5.13 Å². The molecule has 26 heavy (non-hydrogen) atoms. The normalized spacial score (nSPS) is 10.5. The number of carbonyl (C=O) groups is 3. The Morgan fingerprint density at radius 1 is 1.04 bits per heavy atom. The molecule has 6 nitrogen and oxygen atoms in total. The lowest BCUT2D eigenvalue weighted by Gasteiger charge is -2.12. The van der Waals surface area contributed by atoms with Crippen LogP contribution in [-0.2, 0) is 14.4 Å². The summed E-state index contributed by atoms with van der Waals surface area (Å²) in [6, 6.07) is 9.68. The third-order valence-electron chi connectivity index (χ3n) is 3.97. The number of thiazole rings is 1. The van der Waals surface area contributed by atoms with Gasteiger partial charge in [0.1, 0.15) is 0 Å². The van der Waals surface area contributed by atoms with Crippen molar-refractivity contribution in [3.8, 4) is 11.3 Å². The number of hydrogen-bond acceptors (Lipinski definition) is 5. The van der Waals surface area contributed by atoms with Gasteiger partial charge >= 0.3 is 0 Å². The van der Waals surface area contributed by atoms with Gasteiger partial charge in [-0.05, 0) is 12.8 Å². The fourth-order valence-corrected chi connectivity index (χ4v) is 3.28. The lowest BCUT2D eigenvalue weighted by Crippen LogP contribution is -2.33. The molecule has 2 rings (SSSR count). The fourth-order valence-electron chi connectivity index (χ4n) is 2.48. The molecule has 1 aromatic heterocycles. The van der Waals surface area contributed by atoms with Crippen LogP contribution in [0.3, 0.4) is 0 Å².